The molecule has 0 saturated heterocycles. The Morgan fingerprint density at radius 2 is 2.18 bits per heavy atom. The summed E-state index contributed by atoms with van der Waals surface area (Å²) in [6.45, 7) is 6.46. The zero-order valence-corrected chi connectivity index (χ0v) is 12.2. The van der Waals surface area contributed by atoms with Crippen LogP contribution in [-0.4, -0.2) is 28.0 Å². The van der Waals surface area contributed by atoms with Gasteiger partial charge in [-0.2, -0.15) is 11.8 Å². The fraction of sp³-hybridized carbons (Fsp3) is 0.500. The van der Waals surface area contributed by atoms with Crippen molar-refractivity contribution in [3.05, 3.63) is 16.8 Å². The van der Waals surface area contributed by atoms with E-state index in [0.717, 1.165) is 16.4 Å². The van der Waals surface area contributed by atoms with Gasteiger partial charge in [0.15, 0.2) is 0 Å². The molecule has 0 spiro atoms. The average molecular weight is 267 g/mol. The number of nitrogens with zero attached hydrogens (tertiary/aromatic N) is 2. The summed E-state index contributed by atoms with van der Waals surface area (Å²) < 4.78 is 0. The van der Waals surface area contributed by atoms with Gasteiger partial charge in [-0.1, -0.05) is 0 Å². The van der Waals surface area contributed by atoms with Crippen LogP contribution >= 0.6 is 23.1 Å². The molecule has 5 heteroatoms. The highest BCUT2D eigenvalue weighted by atomic mass is 32.2. The molecule has 0 aliphatic carbocycles. The maximum Gasteiger partial charge on any atom is 0.138 e. The minimum absolute atomic E-state index is 0.419. The van der Waals surface area contributed by atoms with E-state index in [-0.39, 0.29) is 0 Å². The van der Waals surface area contributed by atoms with Crippen molar-refractivity contribution >= 4 is 39.1 Å². The average Bonchev–Trinajstić information content (AvgIpc) is 2.56. The smallest absolute Gasteiger partial charge is 0.138 e. The zero-order chi connectivity index (χ0) is 12.4. The van der Waals surface area contributed by atoms with Crippen LogP contribution in [0, 0.1) is 13.8 Å². The Labute approximate surface area is 110 Å². The van der Waals surface area contributed by atoms with Crippen LogP contribution in [0.2, 0.25) is 0 Å². The van der Waals surface area contributed by atoms with E-state index in [1.165, 1.54) is 15.8 Å². The first-order valence-corrected chi connectivity index (χ1v) is 7.80. The number of rotatable bonds is 4. The molecule has 0 saturated carbocycles. The maximum absolute atomic E-state index is 4.38. The summed E-state index contributed by atoms with van der Waals surface area (Å²) in [5.41, 5.74) is 1.30. The lowest BCUT2D eigenvalue weighted by atomic mass is 10.2. The van der Waals surface area contributed by atoms with Crippen molar-refractivity contribution in [2.45, 2.75) is 26.8 Å². The van der Waals surface area contributed by atoms with E-state index in [0.29, 0.717) is 6.04 Å². The predicted octanol–water partition coefficient (Wildman–Crippen LogP) is 3.47. The van der Waals surface area contributed by atoms with Crippen LogP contribution < -0.4 is 5.32 Å². The molecule has 17 heavy (non-hydrogen) atoms. The first-order valence-electron chi connectivity index (χ1n) is 5.59. The van der Waals surface area contributed by atoms with Gasteiger partial charge < -0.3 is 5.32 Å². The Bertz CT molecular complexity index is 522. The second-order valence-corrected chi connectivity index (χ2v) is 6.30. The topological polar surface area (TPSA) is 37.8 Å². The van der Waals surface area contributed by atoms with E-state index in [1.807, 2.05) is 11.8 Å². The predicted molar refractivity (Wildman–Crippen MR) is 78.4 cm³/mol. The monoisotopic (exact) mass is 267 g/mol. The van der Waals surface area contributed by atoms with Gasteiger partial charge in [-0.15, -0.1) is 11.3 Å². The Morgan fingerprint density at radius 1 is 1.41 bits per heavy atom. The van der Waals surface area contributed by atoms with Gasteiger partial charge in [0.05, 0.1) is 5.39 Å². The summed E-state index contributed by atoms with van der Waals surface area (Å²) in [6, 6.07) is 0.419. The van der Waals surface area contributed by atoms with Crippen molar-refractivity contribution in [2.75, 3.05) is 17.3 Å². The van der Waals surface area contributed by atoms with E-state index >= 15 is 0 Å². The molecule has 1 unspecified atom stereocenters. The number of hydrogen-bond donors (Lipinski definition) is 1. The Balaban J connectivity index is 2.40. The minimum Gasteiger partial charge on any atom is -0.366 e. The van der Waals surface area contributed by atoms with Gasteiger partial charge in [0, 0.05) is 16.7 Å². The SMILES string of the molecule is CSCC(C)Nc1ncnc2sc(C)c(C)c12. The number of aromatic nitrogens is 2. The molecule has 0 fully saturated rings. The maximum atomic E-state index is 4.38. The van der Waals surface area contributed by atoms with Crippen LogP contribution in [0.1, 0.15) is 17.4 Å². The quantitative estimate of drug-likeness (QED) is 0.920. The van der Waals surface area contributed by atoms with Crippen LogP contribution in [0.4, 0.5) is 5.82 Å². The third kappa shape index (κ3) is 2.55. The van der Waals surface area contributed by atoms with Crippen molar-refractivity contribution in [1.29, 1.82) is 0 Å². The Hall–Kier alpha value is -0.810. The van der Waals surface area contributed by atoms with Crippen molar-refractivity contribution in [3.8, 4) is 0 Å². The first-order chi connectivity index (χ1) is 8.13. The molecule has 0 amide bonds. The number of thiophene rings is 1. The summed E-state index contributed by atoms with van der Waals surface area (Å²) in [7, 11) is 0. The number of anilines is 1. The standard InChI is InChI=1S/C12H17N3S2/c1-7(5-16-4)15-11-10-8(2)9(3)17-12(10)14-6-13-11/h6-7H,5H2,1-4H3,(H,13,14,15). The molecule has 2 aromatic heterocycles. The normalized spacial score (nSPS) is 12.9. The van der Waals surface area contributed by atoms with E-state index in [1.54, 1.807) is 17.7 Å². The van der Waals surface area contributed by atoms with Crippen molar-refractivity contribution in [1.82, 2.24) is 9.97 Å². The van der Waals surface area contributed by atoms with Gasteiger partial charge in [0.1, 0.15) is 17.0 Å². The number of hydrogen-bond acceptors (Lipinski definition) is 5. The van der Waals surface area contributed by atoms with Crippen LogP contribution in [-0.2, 0) is 0 Å². The van der Waals surface area contributed by atoms with Gasteiger partial charge in [0.25, 0.3) is 0 Å². The summed E-state index contributed by atoms with van der Waals surface area (Å²) >= 11 is 3.58. The highest BCUT2D eigenvalue weighted by Crippen LogP contribution is 2.32. The number of fused-ring (bicyclic) bond motifs is 1. The van der Waals surface area contributed by atoms with Crippen LogP contribution in [0.5, 0.6) is 0 Å². The van der Waals surface area contributed by atoms with Crippen molar-refractivity contribution in [3.63, 3.8) is 0 Å². The van der Waals surface area contributed by atoms with Crippen LogP contribution in [0.15, 0.2) is 6.33 Å². The van der Waals surface area contributed by atoms with E-state index in [4.69, 9.17) is 0 Å². The second-order valence-electron chi connectivity index (χ2n) is 4.19. The second kappa shape index (κ2) is 5.23. The molecule has 0 aromatic carbocycles. The molecule has 2 aromatic rings. The number of thioether (sulfide) groups is 1. The lowest BCUT2D eigenvalue weighted by molar-refractivity contribution is 0.904. The lowest BCUT2D eigenvalue weighted by Gasteiger charge is -2.13. The van der Waals surface area contributed by atoms with Crippen molar-refractivity contribution < 1.29 is 0 Å². The summed E-state index contributed by atoms with van der Waals surface area (Å²) in [6.07, 6.45) is 3.76. The highest BCUT2D eigenvalue weighted by Gasteiger charge is 2.13. The van der Waals surface area contributed by atoms with Gasteiger partial charge in [-0.05, 0) is 32.6 Å². The molecule has 0 aliphatic heterocycles. The molecule has 3 nitrogen and oxygen atoms in total. The molecule has 1 N–H and O–H groups in total. The largest absolute Gasteiger partial charge is 0.366 e. The fourth-order valence-electron chi connectivity index (χ4n) is 1.82. The number of nitrogens with one attached hydrogen (secondary N) is 1. The highest BCUT2D eigenvalue weighted by molar-refractivity contribution is 7.98. The molecule has 2 heterocycles. The molecule has 0 bridgehead atoms. The van der Waals surface area contributed by atoms with Gasteiger partial charge >= 0.3 is 0 Å². The van der Waals surface area contributed by atoms with Crippen LogP contribution in [0.3, 0.4) is 0 Å². The third-order valence-electron chi connectivity index (χ3n) is 2.77. The van der Waals surface area contributed by atoms with Crippen LogP contribution in [0.25, 0.3) is 10.2 Å². The Morgan fingerprint density at radius 3 is 2.88 bits per heavy atom. The van der Waals surface area contributed by atoms with Gasteiger partial charge in [-0.3, -0.25) is 0 Å². The summed E-state index contributed by atoms with van der Waals surface area (Å²) in [5.74, 6) is 2.05. The summed E-state index contributed by atoms with van der Waals surface area (Å²) in [5, 5.41) is 4.66. The molecular weight excluding hydrogens is 250 g/mol. The molecule has 92 valence electrons. The van der Waals surface area contributed by atoms with E-state index in [2.05, 4.69) is 42.3 Å². The summed E-state index contributed by atoms with van der Waals surface area (Å²) in [4.78, 5) is 11.1. The van der Waals surface area contributed by atoms with E-state index < -0.39 is 0 Å². The molecular formula is C12H17N3S2. The Kier molecular flexibility index (Phi) is 3.89. The minimum atomic E-state index is 0.419. The van der Waals surface area contributed by atoms with Gasteiger partial charge in [0.2, 0.25) is 0 Å². The molecule has 2 rings (SSSR count). The number of aryl methyl sites for hydroxylation is 2. The zero-order valence-electron chi connectivity index (χ0n) is 10.6. The lowest BCUT2D eigenvalue weighted by Crippen LogP contribution is -2.18. The first kappa shape index (κ1) is 12.6. The fourth-order valence-corrected chi connectivity index (χ4v) is 3.40. The molecule has 1 atom stereocenters. The van der Waals surface area contributed by atoms with Gasteiger partial charge in [-0.25, -0.2) is 9.97 Å². The van der Waals surface area contributed by atoms with E-state index in [9.17, 15) is 0 Å². The third-order valence-corrected chi connectivity index (χ3v) is 4.71. The van der Waals surface area contributed by atoms with Crippen molar-refractivity contribution in [2.24, 2.45) is 0 Å². The molecule has 0 aliphatic rings. The molecule has 0 radical (unpaired) electrons.